The Labute approximate surface area is 152 Å². The van der Waals surface area contributed by atoms with Crippen LogP contribution in [-0.4, -0.2) is 17.6 Å². The molecule has 1 amide bonds. The second kappa shape index (κ2) is 7.61. The molecule has 1 aliphatic heterocycles. The molecule has 0 aromatic heterocycles. The summed E-state index contributed by atoms with van der Waals surface area (Å²) < 4.78 is 13.0. The smallest absolute Gasteiger partial charge is 0.227 e. The highest BCUT2D eigenvalue weighted by Crippen LogP contribution is 2.23. The molecule has 0 radical (unpaired) electrons. The third-order valence-corrected chi connectivity index (χ3v) is 4.45. The minimum atomic E-state index is -0.256. The fourth-order valence-electron chi connectivity index (χ4n) is 2.84. The van der Waals surface area contributed by atoms with Gasteiger partial charge in [-0.25, -0.2) is 4.39 Å². The van der Waals surface area contributed by atoms with Gasteiger partial charge in [0.05, 0.1) is 6.04 Å². The Bertz CT molecular complexity index is 761. The van der Waals surface area contributed by atoms with Gasteiger partial charge >= 0.3 is 0 Å². The molecule has 1 fully saturated rings. The van der Waals surface area contributed by atoms with E-state index in [1.165, 1.54) is 12.1 Å². The van der Waals surface area contributed by atoms with Gasteiger partial charge in [0.2, 0.25) is 5.91 Å². The summed E-state index contributed by atoms with van der Waals surface area (Å²) in [5.74, 6) is -0.0840. The quantitative estimate of drug-likeness (QED) is 0.812. The van der Waals surface area contributed by atoms with Gasteiger partial charge in [-0.2, -0.15) is 0 Å². The molecule has 6 heteroatoms. The average Bonchev–Trinajstić information content (AvgIpc) is 3.02. The van der Waals surface area contributed by atoms with Crippen LogP contribution in [0, 0.1) is 5.82 Å². The van der Waals surface area contributed by atoms with Crippen LogP contribution in [-0.2, 0) is 4.79 Å². The summed E-state index contributed by atoms with van der Waals surface area (Å²) >= 11 is 5.34. The Morgan fingerprint density at radius 1 is 1.16 bits per heavy atom. The third-order valence-electron chi connectivity index (χ3n) is 4.23. The van der Waals surface area contributed by atoms with Crippen LogP contribution in [0.25, 0.3) is 0 Å². The zero-order valence-electron chi connectivity index (χ0n) is 14.0. The molecular weight excluding hydrogens is 337 g/mol. The Balaban J connectivity index is 1.57. The number of thiocarbonyl (C=S) groups is 1. The third kappa shape index (κ3) is 4.33. The molecule has 2 N–H and O–H groups in total. The van der Waals surface area contributed by atoms with E-state index in [-0.39, 0.29) is 17.8 Å². The van der Waals surface area contributed by atoms with E-state index in [1.54, 1.807) is 17.0 Å². The van der Waals surface area contributed by atoms with E-state index in [1.807, 2.05) is 31.2 Å². The van der Waals surface area contributed by atoms with Gasteiger partial charge in [-0.1, -0.05) is 12.1 Å². The van der Waals surface area contributed by atoms with E-state index in [0.717, 1.165) is 29.9 Å². The molecular formula is C19H20FN3OS. The van der Waals surface area contributed by atoms with Crippen molar-refractivity contribution in [1.82, 2.24) is 5.32 Å². The number of nitrogens with zero attached hydrogens (tertiary/aromatic N) is 1. The van der Waals surface area contributed by atoms with Crippen LogP contribution in [0.2, 0.25) is 0 Å². The average molecular weight is 357 g/mol. The number of halogens is 1. The first-order chi connectivity index (χ1) is 12.0. The van der Waals surface area contributed by atoms with Crippen molar-refractivity contribution in [1.29, 1.82) is 0 Å². The normalized spacial score (nSPS) is 15.1. The minimum absolute atomic E-state index is 0.0397. The van der Waals surface area contributed by atoms with E-state index < -0.39 is 0 Å². The van der Waals surface area contributed by atoms with Gasteiger partial charge in [0, 0.05) is 24.3 Å². The van der Waals surface area contributed by atoms with E-state index >= 15 is 0 Å². The largest absolute Gasteiger partial charge is 0.356 e. The highest BCUT2D eigenvalue weighted by atomic mass is 32.1. The van der Waals surface area contributed by atoms with Crippen molar-refractivity contribution < 1.29 is 9.18 Å². The van der Waals surface area contributed by atoms with Crippen molar-refractivity contribution in [2.45, 2.75) is 25.8 Å². The molecule has 0 aliphatic carbocycles. The van der Waals surface area contributed by atoms with Crippen LogP contribution in [0.1, 0.15) is 31.4 Å². The van der Waals surface area contributed by atoms with Crippen LogP contribution < -0.4 is 15.5 Å². The maximum atomic E-state index is 13.0. The Morgan fingerprint density at radius 3 is 2.44 bits per heavy atom. The van der Waals surface area contributed by atoms with Gasteiger partial charge in [-0.05, 0) is 67.5 Å². The second-order valence-electron chi connectivity index (χ2n) is 6.07. The molecule has 0 bridgehead atoms. The fraction of sp³-hybridized carbons (Fsp3) is 0.263. The molecule has 0 saturated carbocycles. The molecule has 3 rings (SSSR count). The van der Waals surface area contributed by atoms with Crippen LogP contribution in [0.3, 0.4) is 0 Å². The standard InChI is InChI=1S/C19H20FN3OS/c1-13(14-4-6-15(20)7-5-14)21-19(25)22-16-8-10-17(11-9-16)23-12-2-3-18(23)24/h4-11,13H,2-3,12H2,1H3,(H2,21,22,25)/t13-/m0/s1. The number of amides is 1. The summed E-state index contributed by atoms with van der Waals surface area (Å²) in [6.45, 7) is 2.74. The van der Waals surface area contributed by atoms with Crippen LogP contribution in [0.5, 0.6) is 0 Å². The molecule has 1 saturated heterocycles. The van der Waals surface area contributed by atoms with Gasteiger partial charge in [0.15, 0.2) is 5.11 Å². The summed E-state index contributed by atoms with van der Waals surface area (Å²) in [6.07, 6.45) is 1.53. The van der Waals surface area contributed by atoms with Crippen molar-refractivity contribution in [2.75, 3.05) is 16.8 Å². The Kier molecular flexibility index (Phi) is 5.28. The van der Waals surface area contributed by atoms with E-state index in [4.69, 9.17) is 12.2 Å². The molecule has 25 heavy (non-hydrogen) atoms. The zero-order valence-corrected chi connectivity index (χ0v) is 14.8. The minimum Gasteiger partial charge on any atom is -0.356 e. The molecule has 1 heterocycles. The first-order valence-corrected chi connectivity index (χ1v) is 8.67. The van der Waals surface area contributed by atoms with Gasteiger partial charge in [0.1, 0.15) is 5.82 Å². The SMILES string of the molecule is C[C@H](NC(=S)Nc1ccc(N2CCCC2=O)cc1)c1ccc(F)cc1. The van der Waals surface area contributed by atoms with Crippen molar-refractivity contribution in [2.24, 2.45) is 0 Å². The van der Waals surface area contributed by atoms with Gasteiger partial charge in [-0.15, -0.1) is 0 Å². The molecule has 130 valence electrons. The number of rotatable bonds is 4. The molecule has 0 unspecified atom stereocenters. The van der Waals surface area contributed by atoms with E-state index in [9.17, 15) is 9.18 Å². The highest BCUT2D eigenvalue weighted by molar-refractivity contribution is 7.80. The summed E-state index contributed by atoms with van der Waals surface area (Å²) in [5, 5.41) is 6.79. The number of carbonyl (C=O) groups is 1. The Hall–Kier alpha value is -2.47. The van der Waals surface area contributed by atoms with Crippen molar-refractivity contribution in [3.63, 3.8) is 0 Å². The first kappa shape index (κ1) is 17.4. The maximum Gasteiger partial charge on any atom is 0.227 e. The molecule has 1 aliphatic rings. The predicted molar refractivity (Wildman–Crippen MR) is 102 cm³/mol. The molecule has 2 aromatic carbocycles. The van der Waals surface area contributed by atoms with Gasteiger partial charge < -0.3 is 15.5 Å². The molecule has 0 spiro atoms. The van der Waals surface area contributed by atoms with Crippen molar-refractivity contribution in [3.05, 3.63) is 59.9 Å². The monoisotopic (exact) mass is 357 g/mol. The lowest BCUT2D eigenvalue weighted by Crippen LogP contribution is -2.31. The Morgan fingerprint density at radius 2 is 1.84 bits per heavy atom. The summed E-state index contributed by atoms with van der Waals surface area (Å²) in [7, 11) is 0. The maximum absolute atomic E-state index is 13.0. The summed E-state index contributed by atoms with van der Waals surface area (Å²) in [4.78, 5) is 13.6. The topological polar surface area (TPSA) is 44.4 Å². The van der Waals surface area contributed by atoms with Crippen molar-refractivity contribution in [3.8, 4) is 0 Å². The number of benzene rings is 2. The van der Waals surface area contributed by atoms with Crippen LogP contribution in [0.4, 0.5) is 15.8 Å². The molecule has 2 aromatic rings. The number of carbonyl (C=O) groups excluding carboxylic acids is 1. The first-order valence-electron chi connectivity index (χ1n) is 8.26. The lowest BCUT2D eigenvalue weighted by atomic mass is 10.1. The number of hydrogen-bond donors (Lipinski definition) is 2. The number of hydrogen-bond acceptors (Lipinski definition) is 2. The molecule has 1 atom stereocenters. The van der Waals surface area contributed by atoms with Crippen molar-refractivity contribution >= 4 is 34.6 Å². The van der Waals surface area contributed by atoms with E-state index in [0.29, 0.717) is 11.5 Å². The van der Waals surface area contributed by atoms with Crippen LogP contribution >= 0.6 is 12.2 Å². The highest BCUT2D eigenvalue weighted by Gasteiger charge is 2.21. The van der Waals surface area contributed by atoms with Gasteiger partial charge in [-0.3, -0.25) is 4.79 Å². The lowest BCUT2D eigenvalue weighted by molar-refractivity contribution is -0.117. The molecule has 4 nitrogen and oxygen atoms in total. The van der Waals surface area contributed by atoms with E-state index in [2.05, 4.69) is 10.6 Å². The lowest BCUT2D eigenvalue weighted by Gasteiger charge is -2.19. The number of anilines is 2. The zero-order chi connectivity index (χ0) is 17.8. The summed E-state index contributed by atoms with van der Waals surface area (Å²) in [6, 6.07) is 13.9. The van der Waals surface area contributed by atoms with Crippen LogP contribution in [0.15, 0.2) is 48.5 Å². The fourth-order valence-corrected chi connectivity index (χ4v) is 3.14. The number of nitrogens with one attached hydrogen (secondary N) is 2. The predicted octanol–water partition coefficient (Wildman–Crippen LogP) is 4.00. The van der Waals surface area contributed by atoms with Gasteiger partial charge in [0.25, 0.3) is 0 Å². The summed E-state index contributed by atoms with van der Waals surface area (Å²) in [5.41, 5.74) is 2.71. The second-order valence-corrected chi connectivity index (χ2v) is 6.48.